The van der Waals surface area contributed by atoms with E-state index < -0.39 is 0 Å². The quantitative estimate of drug-likeness (QED) is 0.302. The average molecular weight is 447 g/mol. The van der Waals surface area contributed by atoms with E-state index in [4.69, 9.17) is 4.74 Å². The summed E-state index contributed by atoms with van der Waals surface area (Å²) >= 11 is 0. The van der Waals surface area contributed by atoms with E-state index in [1.165, 1.54) is 69.4 Å². The highest BCUT2D eigenvalue weighted by atomic mass is 19.1. The van der Waals surface area contributed by atoms with Gasteiger partial charge in [0.25, 0.3) is 0 Å². The number of esters is 1. The van der Waals surface area contributed by atoms with Gasteiger partial charge in [0.1, 0.15) is 6.10 Å². The Hall–Kier alpha value is -1.42. The van der Waals surface area contributed by atoms with Crippen LogP contribution in [0.1, 0.15) is 101 Å². The molecule has 0 spiro atoms. The lowest BCUT2D eigenvalue weighted by molar-refractivity contribution is -0.148. The maximum absolute atomic E-state index is 12.3. The zero-order valence-electron chi connectivity index (χ0n) is 19.9. The van der Waals surface area contributed by atoms with Crippen LogP contribution in [0.4, 0.5) is 4.39 Å². The van der Waals surface area contributed by atoms with Crippen molar-refractivity contribution in [1.82, 2.24) is 0 Å². The minimum Gasteiger partial charge on any atom is -0.462 e. The maximum atomic E-state index is 12.3. The second-order valence-corrected chi connectivity index (χ2v) is 10.3. The number of aliphatic hydroxyl groups is 1. The normalized spacial score (nSPS) is 27.1. The van der Waals surface area contributed by atoms with Gasteiger partial charge in [-0.25, -0.2) is 0 Å². The first-order valence-corrected chi connectivity index (χ1v) is 13.0. The number of unbranched alkanes of at least 4 members (excludes halogenated alkanes) is 1. The number of ether oxygens (including phenoxy) is 1. The zero-order chi connectivity index (χ0) is 22.8. The van der Waals surface area contributed by atoms with Gasteiger partial charge in [-0.2, -0.15) is 0 Å². The van der Waals surface area contributed by atoms with E-state index >= 15 is 0 Å². The van der Waals surface area contributed by atoms with Gasteiger partial charge in [-0.1, -0.05) is 37.1 Å². The van der Waals surface area contributed by atoms with Gasteiger partial charge in [0.15, 0.2) is 0 Å². The molecule has 3 nitrogen and oxygen atoms in total. The van der Waals surface area contributed by atoms with Crippen molar-refractivity contribution in [2.45, 2.75) is 102 Å². The van der Waals surface area contributed by atoms with Gasteiger partial charge in [0.2, 0.25) is 0 Å². The van der Waals surface area contributed by atoms with E-state index in [0.717, 1.165) is 31.1 Å². The Morgan fingerprint density at radius 3 is 2.19 bits per heavy atom. The Kier molecular flexibility index (Phi) is 10.5. The molecule has 1 N–H and O–H groups in total. The highest BCUT2D eigenvalue weighted by Gasteiger charge is 2.32. The third kappa shape index (κ3) is 7.86. The third-order valence-corrected chi connectivity index (χ3v) is 8.01. The highest BCUT2D eigenvalue weighted by molar-refractivity contribution is 5.66. The SMILES string of the molecule is CC(=O)OC(CCO)CC1CCC(C2CCC(c3ccc(CCCCF)cc3)CC2)CC1. The molecule has 1 atom stereocenters. The van der Waals surface area contributed by atoms with E-state index in [-0.39, 0.29) is 25.4 Å². The van der Waals surface area contributed by atoms with Crippen molar-refractivity contribution in [3.05, 3.63) is 35.4 Å². The van der Waals surface area contributed by atoms with Gasteiger partial charge in [0, 0.05) is 20.0 Å². The fourth-order valence-corrected chi connectivity index (χ4v) is 6.17. The molecule has 0 saturated heterocycles. The number of halogens is 1. The summed E-state index contributed by atoms with van der Waals surface area (Å²) in [5.74, 6) is 2.82. The largest absolute Gasteiger partial charge is 0.462 e. The fraction of sp³-hybridized carbons (Fsp3) is 0.750. The summed E-state index contributed by atoms with van der Waals surface area (Å²) < 4.78 is 17.7. The molecule has 2 aliphatic rings. The fourth-order valence-electron chi connectivity index (χ4n) is 6.17. The summed E-state index contributed by atoms with van der Waals surface area (Å²) in [6, 6.07) is 9.13. The first kappa shape index (κ1) is 25.2. The molecule has 180 valence electrons. The van der Waals surface area contributed by atoms with Crippen molar-refractivity contribution in [3.8, 4) is 0 Å². The number of aliphatic hydroxyl groups excluding tert-OH is 1. The predicted molar refractivity (Wildman–Crippen MR) is 127 cm³/mol. The Morgan fingerprint density at radius 1 is 1.00 bits per heavy atom. The molecular weight excluding hydrogens is 403 g/mol. The Balaban J connectivity index is 1.39. The number of carbonyl (C=O) groups excluding carboxylic acids is 1. The van der Waals surface area contributed by atoms with Crippen molar-refractivity contribution in [3.63, 3.8) is 0 Å². The van der Waals surface area contributed by atoms with Gasteiger partial charge in [-0.05, 0) is 99.0 Å². The molecule has 0 heterocycles. The molecule has 0 bridgehead atoms. The van der Waals surface area contributed by atoms with Crippen molar-refractivity contribution >= 4 is 5.97 Å². The van der Waals surface area contributed by atoms with E-state index in [0.29, 0.717) is 24.7 Å². The highest BCUT2D eigenvalue weighted by Crippen LogP contribution is 2.44. The summed E-state index contributed by atoms with van der Waals surface area (Å²) in [5.41, 5.74) is 2.82. The van der Waals surface area contributed by atoms with Gasteiger partial charge in [-0.15, -0.1) is 0 Å². The molecule has 0 amide bonds. The number of aryl methyl sites for hydroxylation is 1. The van der Waals surface area contributed by atoms with Crippen LogP contribution < -0.4 is 0 Å². The number of carbonyl (C=O) groups is 1. The Bertz CT molecular complexity index is 658. The van der Waals surface area contributed by atoms with Crippen LogP contribution in [0, 0.1) is 17.8 Å². The second-order valence-electron chi connectivity index (χ2n) is 10.3. The molecule has 0 aromatic heterocycles. The van der Waals surface area contributed by atoms with Gasteiger partial charge in [0.05, 0.1) is 6.67 Å². The molecule has 32 heavy (non-hydrogen) atoms. The van der Waals surface area contributed by atoms with Gasteiger partial charge in [-0.3, -0.25) is 9.18 Å². The molecule has 1 aromatic carbocycles. The van der Waals surface area contributed by atoms with Gasteiger partial charge >= 0.3 is 5.97 Å². The molecular formula is C28H43FO3. The van der Waals surface area contributed by atoms with Crippen LogP contribution in [0.2, 0.25) is 0 Å². The van der Waals surface area contributed by atoms with Crippen molar-refractivity contribution in [2.75, 3.05) is 13.3 Å². The van der Waals surface area contributed by atoms with Crippen LogP contribution in [0.3, 0.4) is 0 Å². The monoisotopic (exact) mass is 446 g/mol. The van der Waals surface area contributed by atoms with Gasteiger partial charge < -0.3 is 9.84 Å². The lowest BCUT2D eigenvalue weighted by Gasteiger charge is -2.38. The molecule has 1 aromatic rings. The van der Waals surface area contributed by atoms with Crippen molar-refractivity contribution < 1.29 is 19.0 Å². The summed E-state index contributed by atoms with van der Waals surface area (Å²) in [7, 11) is 0. The number of hydrogen-bond acceptors (Lipinski definition) is 3. The lowest BCUT2D eigenvalue weighted by atomic mass is 9.68. The number of rotatable bonds is 11. The molecule has 2 saturated carbocycles. The smallest absolute Gasteiger partial charge is 0.302 e. The molecule has 2 fully saturated rings. The van der Waals surface area contributed by atoms with Crippen LogP contribution in [0.25, 0.3) is 0 Å². The number of alkyl halides is 1. The summed E-state index contributed by atoms with van der Waals surface area (Å²) in [6.45, 7) is 1.33. The van der Waals surface area contributed by atoms with Crippen molar-refractivity contribution in [2.24, 2.45) is 17.8 Å². The minimum absolute atomic E-state index is 0.0817. The molecule has 2 aliphatic carbocycles. The first-order chi connectivity index (χ1) is 15.6. The van der Waals surface area contributed by atoms with E-state index in [2.05, 4.69) is 24.3 Å². The summed E-state index contributed by atoms with van der Waals surface area (Å²) in [5, 5.41) is 9.25. The summed E-state index contributed by atoms with van der Waals surface area (Å²) in [6.07, 6.45) is 14.3. The molecule has 4 heteroatoms. The van der Waals surface area contributed by atoms with E-state index in [1.807, 2.05) is 0 Å². The molecule has 0 aliphatic heterocycles. The lowest BCUT2D eigenvalue weighted by Crippen LogP contribution is -2.28. The third-order valence-electron chi connectivity index (χ3n) is 8.01. The predicted octanol–water partition coefficient (Wildman–Crippen LogP) is 6.76. The number of benzene rings is 1. The minimum atomic E-state index is -0.236. The topological polar surface area (TPSA) is 46.5 Å². The average Bonchev–Trinajstić information content (AvgIpc) is 2.80. The van der Waals surface area contributed by atoms with Crippen LogP contribution in [0.15, 0.2) is 24.3 Å². The zero-order valence-corrected chi connectivity index (χ0v) is 19.9. The molecule has 1 unspecified atom stereocenters. The van der Waals surface area contributed by atoms with E-state index in [9.17, 15) is 14.3 Å². The Morgan fingerprint density at radius 2 is 1.62 bits per heavy atom. The second kappa shape index (κ2) is 13.3. The van der Waals surface area contributed by atoms with Crippen LogP contribution in [-0.4, -0.2) is 30.5 Å². The summed E-state index contributed by atoms with van der Waals surface area (Å²) in [4.78, 5) is 11.3. The van der Waals surface area contributed by atoms with Crippen LogP contribution in [-0.2, 0) is 16.0 Å². The standard InChI is InChI=1S/C28H43FO3/c1-21(31)32-28(17-19-30)20-23-7-11-25(12-8-23)27-15-13-26(14-16-27)24-9-5-22(6-10-24)4-2-3-18-29/h5-6,9-10,23,25-28,30H,2-4,7-8,11-20H2,1H3. The van der Waals surface area contributed by atoms with Crippen molar-refractivity contribution in [1.29, 1.82) is 0 Å². The number of hydrogen-bond donors (Lipinski definition) is 1. The molecule has 3 rings (SSSR count). The maximum Gasteiger partial charge on any atom is 0.302 e. The van der Waals surface area contributed by atoms with Crippen LogP contribution in [0.5, 0.6) is 0 Å². The first-order valence-electron chi connectivity index (χ1n) is 13.0. The van der Waals surface area contributed by atoms with Crippen LogP contribution >= 0.6 is 0 Å². The Labute approximate surface area is 194 Å². The molecule has 0 radical (unpaired) electrons. The van der Waals surface area contributed by atoms with E-state index in [1.54, 1.807) is 0 Å².